The molecule has 112 valence electrons. The van der Waals surface area contributed by atoms with Crippen LogP contribution in [0.3, 0.4) is 0 Å². The highest BCUT2D eigenvalue weighted by Gasteiger charge is 2.23. The van der Waals surface area contributed by atoms with E-state index in [4.69, 9.17) is 10.00 Å². The number of nitriles is 1. The topological polar surface area (TPSA) is 56.6 Å². The molecule has 21 heavy (non-hydrogen) atoms. The molecule has 1 unspecified atom stereocenters. The van der Waals surface area contributed by atoms with Crippen LogP contribution in [-0.2, 0) is 11.2 Å². The number of piperazine rings is 1. The molecule has 1 aliphatic heterocycles. The van der Waals surface area contributed by atoms with Gasteiger partial charge in [0.2, 0.25) is 5.91 Å². The van der Waals surface area contributed by atoms with Gasteiger partial charge in [0, 0.05) is 26.2 Å². The summed E-state index contributed by atoms with van der Waals surface area (Å²) in [6.07, 6.45) is 0.394. The average molecular weight is 287 g/mol. The first-order valence-corrected chi connectivity index (χ1v) is 7.18. The van der Waals surface area contributed by atoms with Gasteiger partial charge in [-0.1, -0.05) is 12.1 Å². The minimum atomic E-state index is -0.0827. The van der Waals surface area contributed by atoms with Crippen LogP contribution in [0.2, 0.25) is 0 Å². The summed E-state index contributed by atoms with van der Waals surface area (Å²) in [5, 5.41) is 8.92. The summed E-state index contributed by atoms with van der Waals surface area (Å²) in [5.74, 6) is 0.903. The molecule has 5 nitrogen and oxygen atoms in total. The molecule has 1 heterocycles. The van der Waals surface area contributed by atoms with Crippen LogP contribution in [0, 0.1) is 11.3 Å². The number of benzene rings is 1. The van der Waals surface area contributed by atoms with Gasteiger partial charge in [-0.25, -0.2) is 0 Å². The number of nitrogens with zero attached hydrogens (tertiary/aromatic N) is 3. The maximum atomic E-state index is 12.3. The van der Waals surface area contributed by atoms with Gasteiger partial charge < -0.3 is 9.64 Å². The number of hydrogen-bond donors (Lipinski definition) is 0. The molecule has 0 spiro atoms. The Kier molecular flexibility index (Phi) is 5.18. The van der Waals surface area contributed by atoms with Gasteiger partial charge in [0.15, 0.2) is 0 Å². The maximum Gasteiger partial charge on any atom is 0.227 e. The van der Waals surface area contributed by atoms with Gasteiger partial charge >= 0.3 is 0 Å². The second kappa shape index (κ2) is 7.09. The van der Waals surface area contributed by atoms with E-state index in [9.17, 15) is 4.79 Å². The molecule has 2 rings (SSSR count). The fourth-order valence-electron chi connectivity index (χ4n) is 2.51. The van der Waals surface area contributed by atoms with Crippen molar-refractivity contribution in [3.8, 4) is 11.8 Å². The number of carbonyl (C=O) groups excluding carboxylic acids is 1. The third-order valence-electron chi connectivity index (χ3n) is 3.89. The number of amides is 1. The monoisotopic (exact) mass is 287 g/mol. The van der Waals surface area contributed by atoms with E-state index in [0.717, 1.165) is 24.4 Å². The molecule has 1 saturated heterocycles. The van der Waals surface area contributed by atoms with Crippen LogP contribution in [0.5, 0.6) is 5.75 Å². The predicted octanol–water partition coefficient (Wildman–Crippen LogP) is 1.29. The second-order valence-electron chi connectivity index (χ2n) is 5.25. The maximum absolute atomic E-state index is 12.3. The van der Waals surface area contributed by atoms with Crippen molar-refractivity contribution in [2.24, 2.45) is 0 Å². The molecule has 1 aromatic carbocycles. The lowest BCUT2D eigenvalue weighted by atomic mass is 10.1. The van der Waals surface area contributed by atoms with Crippen molar-refractivity contribution in [3.63, 3.8) is 0 Å². The van der Waals surface area contributed by atoms with Crippen LogP contribution in [0.15, 0.2) is 24.3 Å². The van der Waals surface area contributed by atoms with Crippen molar-refractivity contribution < 1.29 is 9.53 Å². The summed E-state index contributed by atoms with van der Waals surface area (Å²) in [6.45, 7) is 4.80. The van der Waals surface area contributed by atoms with Crippen LogP contribution >= 0.6 is 0 Å². The smallest absolute Gasteiger partial charge is 0.227 e. The third-order valence-corrected chi connectivity index (χ3v) is 3.89. The Labute approximate surface area is 125 Å². The quantitative estimate of drug-likeness (QED) is 0.837. The molecule has 0 bridgehead atoms. The van der Waals surface area contributed by atoms with Gasteiger partial charge in [0.1, 0.15) is 5.75 Å². The van der Waals surface area contributed by atoms with Gasteiger partial charge in [0.05, 0.1) is 25.6 Å². The Morgan fingerprint density at radius 3 is 2.71 bits per heavy atom. The molecule has 0 saturated carbocycles. The van der Waals surface area contributed by atoms with Crippen molar-refractivity contribution >= 4 is 5.91 Å². The lowest BCUT2D eigenvalue weighted by Crippen LogP contribution is -2.51. The molecule has 1 atom stereocenters. The summed E-state index contributed by atoms with van der Waals surface area (Å²) in [5.41, 5.74) is 0.965. The Hall–Kier alpha value is -2.06. The van der Waals surface area contributed by atoms with E-state index in [1.807, 2.05) is 36.1 Å². The van der Waals surface area contributed by atoms with Crippen molar-refractivity contribution in [3.05, 3.63) is 29.8 Å². The Balaban J connectivity index is 1.89. The van der Waals surface area contributed by atoms with E-state index in [-0.39, 0.29) is 11.9 Å². The number of methoxy groups -OCH3 is 1. The molecule has 1 amide bonds. The van der Waals surface area contributed by atoms with Gasteiger partial charge in [0.25, 0.3) is 0 Å². The highest BCUT2D eigenvalue weighted by molar-refractivity contribution is 5.79. The summed E-state index contributed by atoms with van der Waals surface area (Å²) in [7, 11) is 1.62. The standard InChI is InChI=1S/C16H21N3O2/c1-13(12-17)18-6-8-19(9-7-18)16(20)11-14-4-3-5-15(10-14)21-2/h3-5,10,13H,6-9,11H2,1-2H3. The molecule has 0 radical (unpaired) electrons. The first-order valence-electron chi connectivity index (χ1n) is 7.18. The average Bonchev–Trinajstić information content (AvgIpc) is 2.54. The van der Waals surface area contributed by atoms with Crippen molar-refractivity contribution in [2.45, 2.75) is 19.4 Å². The van der Waals surface area contributed by atoms with E-state index >= 15 is 0 Å². The Morgan fingerprint density at radius 1 is 1.38 bits per heavy atom. The molecule has 0 N–H and O–H groups in total. The third kappa shape index (κ3) is 3.96. The summed E-state index contributed by atoms with van der Waals surface area (Å²) in [6, 6.07) is 9.76. The van der Waals surface area contributed by atoms with E-state index < -0.39 is 0 Å². The van der Waals surface area contributed by atoms with E-state index in [2.05, 4.69) is 11.0 Å². The fraction of sp³-hybridized carbons (Fsp3) is 0.500. The van der Waals surface area contributed by atoms with E-state index in [0.29, 0.717) is 19.5 Å². The molecule has 1 aromatic rings. The predicted molar refractivity (Wildman–Crippen MR) is 79.9 cm³/mol. The van der Waals surface area contributed by atoms with E-state index in [1.54, 1.807) is 7.11 Å². The summed E-state index contributed by atoms with van der Waals surface area (Å²) in [4.78, 5) is 16.3. The van der Waals surface area contributed by atoms with Crippen LogP contribution in [-0.4, -0.2) is 55.0 Å². The lowest BCUT2D eigenvalue weighted by molar-refractivity contribution is -0.132. The summed E-state index contributed by atoms with van der Waals surface area (Å²) >= 11 is 0. The van der Waals surface area contributed by atoms with Crippen molar-refractivity contribution in [1.82, 2.24) is 9.80 Å². The zero-order valence-corrected chi connectivity index (χ0v) is 12.6. The number of rotatable bonds is 4. The Bertz CT molecular complexity index is 531. The zero-order chi connectivity index (χ0) is 15.2. The van der Waals surface area contributed by atoms with Crippen LogP contribution in [0.4, 0.5) is 0 Å². The van der Waals surface area contributed by atoms with Gasteiger partial charge in [-0.3, -0.25) is 9.69 Å². The van der Waals surface area contributed by atoms with Crippen LogP contribution in [0.25, 0.3) is 0 Å². The minimum absolute atomic E-state index is 0.0827. The minimum Gasteiger partial charge on any atom is -0.497 e. The van der Waals surface area contributed by atoms with Crippen LogP contribution < -0.4 is 4.74 Å². The normalized spacial score (nSPS) is 17.1. The second-order valence-corrected chi connectivity index (χ2v) is 5.25. The molecular weight excluding hydrogens is 266 g/mol. The first-order chi connectivity index (χ1) is 10.1. The highest BCUT2D eigenvalue weighted by atomic mass is 16.5. The fourth-order valence-corrected chi connectivity index (χ4v) is 2.51. The largest absolute Gasteiger partial charge is 0.497 e. The Morgan fingerprint density at radius 2 is 2.10 bits per heavy atom. The van der Waals surface area contributed by atoms with Gasteiger partial charge in [-0.2, -0.15) is 5.26 Å². The van der Waals surface area contributed by atoms with E-state index in [1.165, 1.54) is 0 Å². The molecule has 1 fully saturated rings. The molecule has 5 heteroatoms. The number of hydrogen-bond acceptors (Lipinski definition) is 4. The van der Waals surface area contributed by atoms with Gasteiger partial charge in [-0.05, 0) is 24.6 Å². The van der Waals surface area contributed by atoms with Crippen molar-refractivity contribution in [1.29, 1.82) is 5.26 Å². The summed E-state index contributed by atoms with van der Waals surface area (Å²) < 4.78 is 5.17. The lowest BCUT2D eigenvalue weighted by Gasteiger charge is -2.36. The van der Waals surface area contributed by atoms with Crippen LogP contribution in [0.1, 0.15) is 12.5 Å². The molecule has 1 aliphatic rings. The van der Waals surface area contributed by atoms with Crippen molar-refractivity contribution in [2.75, 3.05) is 33.3 Å². The zero-order valence-electron chi connectivity index (χ0n) is 12.6. The molecule has 0 aromatic heterocycles. The number of carbonyl (C=O) groups is 1. The first kappa shape index (κ1) is 15.3. The molecular formula is C16H21N3O2. The number of ether oxygens (including phenoxy) is 1. The van der Waals surface area contributed by atoms with Gasteiger partial charge in [-0.15, -0.1) is 0 Å². The highest BCUT2D eigenvalue weighted by Crippen LogP contribution is 2.14. The molecule has 0 aliphatic carbocycles. The SMILES string of the molecule is COc1cccc(CC(=O)N2CCN(C(C)C#N)CC2)c1.